The van der Waals surface area contributed by atoms with Crippen molar-refractivity contribution in [1.29, 1.82) is 0 Å². The topological polar surface area (TPSA) is 44.1 Å². The second-order valence-corrected chi connectivity index (χ2v) is 6.36. The molecule has 138 valence electrons. The van der Waals surface area contributed by atoms with E-state index in [1.807, 2.05) is 42.8 Å². The molecule has 0 aliphatic rings. The van der Waals surface area contributed by atoms with Gasteiger partial charge in [0.1, 0.15) is 11.6 Å². The Bertz CT molecular complexity index is 988. The summed E-state index contributed by atoms with van der Waals surface area (Å²) >= 11 is 0. The first-order chi connectivity index (χ1) is 13.0. The number of aromatic nitrogens is 2. The minimum atomic E-state index is -0.362. The Kier molecular flexibility index (Phi) is 5.50. The van der Waals surface area contributed by atoms with E-state index in [0.717, 1.165) is 28.3 Å². The molecule has 0 fully saturated rings. The lowest BCUT2D eigenvalue weighted by atomic mass is 10.1. The van der Waals surface area contributed by atoms with Crippen molar-refractivity contribution < 1.29 is 13.9 Å². The van der Waals surface area contributed by atoms with Gasteiger partial charge in [-0.25, -0.2) is 4.39 Å². The molecule has 27 heavy (non-hydrogen) atoms. The summed E-state index contributed by atoms with van der Waals surface area (Å²) in [6.45, 7) is 4.55. The van der Waals surface area contributed by atoms with Gasteiger partial charge in [0.05, 0.1) is 19.3 Å². The van der Waals surface area contributed by atoms with Crippen molar-refractivity contribution in [1.82, 2.24) is 9.78 Å². The fourth-order valence-corrected chi connectivity index (χ4v) is 2.90. The number of ether oxygens (including phenoxy) is 1. The van der Waals surface area contributed by atoms with Crippen molar-refractivity contribution in [2.45, 2.75) is 20.4 Å². The lowest BCUT2D eigenvalue weighted by Gasteiger charge is -2.11. The molecule has 0 spiro atoms. The first-order valence-corrected chi connectivity index (χ1v) is 8.62. The molecule has 0 unspecified atom stereocenters. The number of benzene rings is 2. The highest BCUT2D eigenvalue weighted by Crippen LogP contribution is 2.22. The highest BCUT2D eigenvalue weighted by atomic mass is 19.1. The van der Waals surface area contributed by atoms with E-state index in [2.05, 4.69) is 5.10 Å². The van der Waals surface area contributed by atoms with Crippen molar-refractivity contribution in [2.75, 3.05) is 7.11 Å². The maximum Gasteiger partial charge on any atom is 0.185 e. The lowest BCUT2D eigenvalue weighted by Crippen LogP contribution is -2.05. The number of rotatable bonds is 6. The smallest absolute Gasteiger partial charge is 0.185 e. The number of methoxy groups -OCH3 is 1. The molecule has 3 rings (SSSR count). The normalized spacial score (nSPS) is 11.1. The molecule has 0 bridgehead atoms. The number of nitrogens with zero attached hydrogens (tertiary/aromatic N) is 2. The Morgan fingerprint density at radius 2 is 1.89 bits per heavy atom. The zero-order valence-electron chi connectivity index (χ0n) is 15.6. The minimum Gasteiger partial charge on any atom is -0.496 e. The van der Waals surface area contributed by atoms with E-state index in [0.29, 0.717) is 12.1 Å². The van der Waals surface area contributed by atoms with Crippen molar-refractivity contribution in [2.24, 2.45) is 0 Å². The minimum absolute atomic E-state index is 0.175. The van der Waals surface area contributed by atoms with Gasteiger partial charge in [-0.15, -0.1) is 0 Å². The third-order valence-electron chi connectivity index (χ3n) is 4.28. The van der Waals surface area contributed by atoms with Crippen LogP contribution in [-0.4, -0.2) is 22.7 Å². The van der Waals surface area contributed by atoms with Crippen LogP contribution in [0.1, 0.15) is 32.9 Å². The summed E-state index contributed by atoms with van der Waals surface area (Å²) < 4.78 is 20.4. The number of hydrogen-bond acceptors (Lipinski definition) is 3. The van der Waals surface area contributed by atoms with Crippen molar-refractivity contribution >= 4 is 11.9 Å². The van der Waals surface area contributed by atoms with Crippen LogP contribution in [0.2, 0.25) is 0 Å². The SMILES string of the molecule is COc1ccc(/C=C/C(=O)c2ccc(F)cc2)cc1Cn1nc(C)cc1C. The predicted molar refractivity (Wildman–Crippen MR) is 104 cm³/mol. The molecule has 5 heteroatoms. The Morgan fingerprint density at radius 1 is 1.15 bits per heavy atom. The molecule has 0 aliphatic carbocycles. The molecule has 3 aromatic rings. The molecule has 0 saturated carbocycles. The summed E-state index contributed by atoms with van der Waals surface area (Å²) in [7, 11) is 1.63. The maximum atomic E-state index is 13.0. The summed E-state index contributed by atoms with van der Waals surface area (Å²) in [5.74, 6) is 0.231. The zero-order chi connectivity index (χ0) is 19.4. The van der Waals surface area contributed by atoms with Crippen molar-refractivity contribution in [3.05, 3.63) is 88.5 Å². The summed E-state index contributed by atoms with van der Waals surface area (Å²) in [6, 6.07) is 13.3. The standard InChI is InChI=1S/C22H21FN2O2/c1-15-12-16(2)25(24-15)14-19-13-17(5-11-22(19)27-3)4-10-21(26)18-6-8-20(23)9-7-18/h4-13H,14H2,1-3H3/b10-4+. The van der Waals surface area contributed by atoms with Gasteiger partial charge < -0.3 is 4.74 Å². The number of ketones is 1. The molecule has 0 aliphatic heterocycles. The third kappa shape index (κ3) is 4.50. The second-order valence-electron chi connectivity index (χ2n) is 6.36. The summed E-state index contributed by atoms with van der Waals surface area (Å²) in [5.41, 5.74) is 4.33. The van der Waals surface area contributed by atoms with Crippen LogP contribution < -0.4 is 4.74 Å². The highest BCUT2D eigenvalue weighted by molar-refractivity contribution is 6.06. The van der Waals surface area contributed by atoms with E-state index in [-0.39, 0.29) is 11.6 Å². The quantitative estimate of drug-likeness (QED) is 0.475. The fraction of sp³-hybridized carbons (Fsp3) is 0.182. The van der Waals surface area contributed by atoms with Crippen LogP contribution in [0, 0.1) is 19.7 Å². The van der Waals surface area contributed by atoms with E-state index >= 15 is 0 Å². The highest BCUT2D eigenvalue weighted by Gasteiger charge is 2.08. The summed E-state index contributed by atoms with van der Waals surface area (Å²) in [5, 5.41) is 4.49. The van der Waals surface area contributed by atoms with Crippen LogP contribution in [0.25, 0.3) is 6.08 Å². The maximum absolute atomic E-state index is 13.0. The molecule has 0 radical (unpaired) electrons. The van der Waals surface area contributed by atoms with Gasteiger partial charge in [-0.2, -0.15) is 5.10 Å². The number of carbonyl (C=O) groups is 1. The van der Waals surface area contributed by atoms with E-state index in [9.17, 15) is 9.18 Å². The number of carbonyl (C=O) groups excluding carboxylic acids is 1. The third-order valence-corrected chi connectivity index (χ3v) is 4.28. The Morgan fingerprint density at radius 3 is 2.52 bits per heavy atom. The first kappa shape index (κ1) is 18.6. The average Bonchev–Trinajstić information content (AvgIpc) is 2.97. The predicted octanol–water partition coefficient (Wildman–Crippen LogP) is 4.59. The van der Waals surface area contributed by atoms with Gasteiger partial charge in [-0.1, -0.05) is 12.1 Å². The van der Waals surface area contributed by atoms with Crippen molar-refractivity contribution in [3.8, 4) is 5.75 Å². The van der Waals surface area contributed by atoms with Gasteiger partial charge in [0.15, 0.2) is 5.78 Å². The largest absolute Gasteiger partial charge is 0.496 e. The molecule has 2 aromatic carbocycles. The Hall–Kier alpha value is -3.21. The fourth-order valence-electron chi connectivity index (χ4n) is 2.90. The molecule has 1 heterocycles. The van der Waals surface area contributed by atoms with E-state index < -0.39 is 0 Å². The van der Waals surface area contributed by atoms with Crippen LogP contribution in [0.4, 0.5) is 4.39 Å². The molecule has 4 nitrogen and oxygen atoms in total. The molecule has 0 N–H and O–H groups in total. The average molecular weight is 364 g/mol. The van der Waals surface area contributed by atoms with Crippen LogP contribution in [0.3, 0.4) is 0 Å². The van der Waals surface area contributed by atoms with Gasteiger partial charge >= 0.3 is 0 Å². The van der Waals surface area contributed by atoms with Crippen LogP contribution in [0.15, 0.2) is 54.6 Å². The second kappa shape index (κ2) is 7.99. The monoisotopic (exact) mass is 364 g/mol. The molecule has 1 aromatic heterocycles. The van der Waals surface area contributed by atoms with E-state index in [1.54, 1.807) is 13.2 Å². The first-order valence-electron chi connectivity index (χ1n) is 8.62. The lowest BCUT2D eigenvalue weighted by molar-refractivity contribution is 0.104. The van der Waals surface area contributed by atoms with Crippen LogP contribution in [0.5, 0.6) is 5.75 Å². The number of allylic oxidation sites excluding steroid dienone is 1. The van der Waals surface area contributed by atoms with Crippen molar-refractivity contribution in [3.63, 3.8) is 0 Å². The number of hydrogen-bond donors (Lipinski definition) is 0. The summed E-state index contributed by atoms with van der Waals surface area (Å²) in [4.78, 5) is 12.2. The zero-order valence-corrected chi connectivity index (χ0v) is 15.6. The van der Waals surface area contributed by atoms with E-state index in [1.165, 1.54) is 30.3 Å². The van der Waals surface area contributed by atoms with Gasteiger partial charge in [0, 0.05) is 16.8 Å². The van der Waals surface area contributed by atoms with Gasteiger partial charge in [0.25, 0.3) is 0 Å². The van der Waals surface area contributed by atoms with Crippen LogP contribution in [-0.2, 0) is 6.54 Å². The Balaban J connectivity index is 1.83. The number of halogens is 1. The molecule has 0 amide bonds. The van der Waals surface area contributed by atoms with Gasteiger partial charge in [0.2, 0.25) is 0 Å². The summed E-state index contributed by atoms with van der Waals surface area (Å²) in [6.07, 6.45) is 3.23. The van der Waals surface area contributed by atoms with Gasteiger partial charge in [-0.3, -0.25) is 9.48 Å². The number of aryl methyl sites for hydroxylation is 2. The van der Waals surface area contributed by atoms with Gasteiger partial charge in [-0.05, 0) is 68.0 Å². The molecular formula is C22H21FN2O2. The molecule has 0 saturated heterocycles. The Labute approximate surface area is 157 Å². The molecule has 0 atom stereocenters. The molecular weight excluding hydrogens is 343 g/mol. The van der Waals surface area contributed by atoms with Crippen LogP contribution >= 0.6 is 0 Å². The van der Waals surface area contributed by atoms with E-state index in [4.69, 9.17) is 4.74 Å².